The molecule has 0 saturated heterocycles. The van der Waals surface area contributed by atoms with E-state index in [4.69, 9.17) is 4.74 Å². The van der Waals surface area contributed by atoms with Gasteiger partial charge in [0.2, 0.25) is 0 Å². The van der Waals surface area contributed by atoms with E-state index in [1.165, 1.54) is 0 Å². The summed E-state index contributed by atoms with van der Waals surface area (Å²) >= 11 is 0. The zero-order chi connectivity index (χ0) is 21.2. The quantitative estimate of drug-likeness (QED) is 0.437. The molecule has 0 bridgehead atoms. The highest BCUT2D eigenvalue weighted by molar-refractivity contribution is 5.94. The Hall–Kier alpha value is -3.46. The van der Waals surface area contributed by atoms with Crippen molar-refractivity contribution in [3.63, 3.8) is 0 Å². The van der Waals surface area contributed by atoms with Crippen molar-refractivity contribution in [3.05, 3.63) is 65.7 Å². The fourth-order valence-electron chi connectivity index (χ4n) is 2.80. The monoisotopic (exact) mass is 405 g/mol. The van der Waals surface area contributed by atoms with Crippen LogP contribution < -0.4 is 10.1 Å². The number of fused-ring (bicyclic) bond motifs is 1. The van der Waals surface area contributed by atoms with Gasteiger partial charge in [-0.3, -0.25) is 9.78 Å². The van der Waals surface area contributed by atoms with Gasteiger partial charge in [0.15, 0.2) is 11.6 Å². The minimum atomic E-state index is -0.467. The van der Waals surface area contributed by atoms with Crippen molar-refractivity contribution in [1.29, 1.82) is 0 Å². The van der Waals surface area contributed by atoms with Gasteiger partial charge in [0.1, 0.15) is 5.69 Å². The molecule has 0 saturated carbocycles. The van der Waals surface area contributed by atoms with Crippen LogP contribution in [0.2, 0.25) is 0 Å². The molecule has 2 heterocycles. The summed E-state index contributed by atoms with van der Waals surface area (Å²) < 4.78 is 20.2. The Kier molecular flexibility index (Phi) is 7.73. The van der Waals surface area contributed by atoms with E-state index >= 15 is 0 Å². The van der Waals surface area contributed by atoms with E-state index in [9.17, 15) is 9.18 Å². The summed E-state index contributed by atoms with van der Waals surface area (Å²) in [5.41, 5.74) is 1.95. The number of nitrogens with zero attached hydrogens (tertiary/aromatic N) is 2. The van der Waals surface area contributed by atoms with E-state index in [2.05, 4.69) is 34.0 Å². The van der Waals surface area contributed by atoms with Crippen molar-refractivity contribution < 1.29 is 13.9 Å². The Morgan fingerprint density at radius 2 is 1.97 bits per heavy atom. The summed E-state index contributed by atoms with van der Waals surface area (Å²) in [6.07, 6.45) is 5.08. The van der Waals surface area contributed by atoms with Crippen LogP contribution in [0.1, 0.15) is 48.7 Å². The molecule has 0 unspecified atom stereocenters. The number of benzene rings is 1. The van der Waals surface area contributed by atoms with Crippen LogP contribution in [-0.4, -0.2) is 22.5 Å². The molecule has 1 amide bonds. The molecule has 0 spiro atoms. The third-order valence-electron chi connectivity index (χ3n) is 4.38. The Labute approximate surface area is 175 Å². The maximum Gasteiger partial charge on any atom is 0.270 e. The number of amides is 1. The third-order valence-corrected chi connectivity index (χ3v) is 4.38. The van der Waals surface area contributed by atoms with Crippen molar-refractivity contribution in [2.45, 2.75) is 39.2 Å². The average Bonchev–Trinajstić information content (AvgIpc) is 2.78. The topological polar surface area (TPSA) is 64.1 Å². The van der Waals surface area contributed by atoms with Crippen LogP contribution in [0.3, 0.4) is 0 Å². The molecule has 6 heteroatoms. The number of hydrogen-bond acceptors (Lipinski definition) is 4. The van der Waals surface area contributed by atoms with Gasteiger partial charge < -0.3 is 10.1 Å². The maximum absolute atomic E-state index is 14.7. The largest absolute Gasteiger partial charge is 0.490 e. The molecule has 3 rings (SSSR count). The summed E-state index contributed by atoms with van der Waals surface area (Å²) in [5, 5.41) is 2.71. The number of halogens is 1. The standard InChI is InChI=1S/C24H24FN3O2/c1-2-3-4-5-6-7-16-30-22-12-8-10-18(23(22)25)17-27-24(29)21-14-13-19-20(28-21)11-9-15-26-19/h8-15H,2-3,6-7,16-17H2,1H3,(H,27,29). The van der Waals surface area contributed by atoms with Crippen LogP contribution in [-0.2, 0) is 6.54 Å². The summed E-state index contributed by atoms with van der Waals surface area (Å²) in [7, 11) is 0. The summed E-state index contributed by atoms with van der Waals surface area (Å²) in [5.74, 6) is 5.49. The number of aromatic nitrogens is 2. The molecular formula is C24H24FN3O2. The first-order chi connectivity index (χ1) is 14.7. The zero-order valence-electron chi connectivity index (χ0n) is 17.0. The molecule has 0 fully saturated rings. The molecule has 0 atom stereocenters. The number of hydrogen-bond donors (Lipinski definition) is 1. The molecule has 0 aliphatic carbocycles. The lowest BCUT2D eigenvalue weighted by Gasteiger charge is -2.11. The van der Waals surface area contributed by atoms with Gasteiger partial charge >= 0.3 is 0 Å². The van der Waals surface area contributed by atoms with Gasteiger partial charge in [-0.25, -0.2) is 9.37 Å². The summed E-state index contributed by atoms with van der Waals surface area (Å²) in [4.78, 5) is 20.9. The van der Waals surface area contributed by atoms with Crippen LogP contribution in [0.5, 0.6) is 5.75 Å². The number of carbonyl (C=O) groups excluding carboxylic acids is 1. The second kappa shape index (κ2) is 10.9. The van der Waals surface area contributed by atoms with Crippen molar-refractivity contribution in [3.8, 4) is 17.6 Å². The van der Waals surface area contributed by atoms with Crippen LogP contribution in [0, 0.1) is 17.7 Å². The SMILES string of the molecule is CCCC#CCCCOc1cccc(CNC(=O)c2ccc3ncccc3n2)c1F. The Balaban J connectivity index is 1.55. The minimum absolute atomic E-state index is 0.0388. The Bertz CT molecular complexity index is 1070. The van der Waals surface area contributed by atoms with Gasteiger partial charge in [0.05, 0.1) is 17.6 Å². The van der Waals surface area contributed by atoms with Crippen molar-refractivity contribution in [1.82, 2.24) is 15.3 Å². The number of rotatable bonds is 8. The smallest absolute Gasteiger partial charge is 0.270 e. The normalized spacial score (nSPS) is 10.3. The fraction of sp³-hybridized carbons (Fsp3) is 0.292. The molecule has 1 N–H and O–H groups in total. The number of ether oxygens (including phenoxy) is 1. The van der Waals surface area contributed by atoms with E-state index in [-0.39, 0.29) is 23.9 Å². The highest BCUT2D eigenvalue weighted by Gasteiger charge is 2.12. The highest BCUT2D eigenvalue weighted by Crippen LogP contribution is 2.21. The molecule has 5 nitrogen and oxygen atoms in total. The Morgan fingerprint density at radius 1 is 1.10 bits per heavy atom. The predicted octanol–water partition coefficient (Wildman–Crippen LogP) is 4.66. The third kappa shape index (κ3) is 5.77. The predicted molar refractivity (Wildman–Crippen MR) is 115 cm³/mol. The number of carbonyl (C=O) groups is 1. The molecule has 0 aliphatic rings. The van der Waals surface area contributed by atoms with Crippen molar-refractivity contribution in [2.24, 2.45) is 0 Å². The average molecular weight is 405 g/mol. The molecule has 0 radical (unpaired) electrons. The van der Waals surface area contributed by atoms with E-state index in [0.717, 1.165) is 25.7 Å². The lowest BCUT2D eigenvalue weighted by molar-refractivity contribution is 0.0946. The van der Waals surface area contributed by atoms with E-state index in [1.807, 2.05) is 0 Å². The van der Waals surface area contributed by atoms with Gasteiger partial charge in [0.25, 0.3) is 5.91 Å². The minimum Gasteiger partial charge on any atom is -0.490 e. The first-order valence-corrected chi connectivity index (χ1v) is 10.0. The van der Waals surface area contributed by atoms with Crippen LogP contribution in [0.25, 0.3) is 11.0 Å². The number of unbranched alkanes of at least 4 members (excludes halogenated alkanes) is 2. The first-order valence-electron chi connectivity index (χ1n) is 10.0. The zero-order valence-corrected chi connectivity index (χ0v) is 17.0. The molecule has 1 aromatic carbocycles. The Morgan fingerprint density at radius 3 is 2.83 bits per heavy atom. The molecule has 30 heavy (non-hydrogen) atoms. The lowest BCUT2D eigenvalue weighted by Crippen LogP contribution is -2.24. The van der Waals surface area contributed by atoms with Gasteiger partial charge in [-0.15, -0.1) is 11.8 Å². The number of nitrogens with one attached hydrogen (secondary N) is 1. The molecule has 154 valence electrons. The van der Waals surface area contributed by atoms with Crippen LogP contribution in [0.15, 0.2) is 48.7 Å². The van der Waals surface area contributed by atoms with E-state index in [1.54, 1.807) is 48.7 Å². The first kappa shape index (κ1) is 21.3. The molecule has 3 aromatic rings. The van der Waals surface area contributed by atoms with E-state index < -0.39 is 5.82 Å². The second-order valence-corrected chi connectivity index (χ2v) is 6.71. The van der Waals surface area contributed by atoms with Gasteiger partial charge in [-0.1, -0.05) is 19.1 Å². The molecule has 0 aliphatic heterocycles. The van der Waals surface area contributed by atoms with E-state index in [0.29, 0.717) is 23.2 Å². The fourth-order valence-corrected chi connectivity index (χ4v) is 2.80. The second-order valence-electron chi connectivity index (χ2n) is 6.71. The lowest BCUT2D eigenvalue weighted by atomic mass is 10.2. The van der Waals surface area contributed by atoms with Crippen molar-refractivity contribution >= 4 is 16.9 Å². The van der Waals surface area contributed by atoms with Gasteiger partial charge in [-0.05, 0) is 43.2 Å². The summed E-state index contributed by atoms with van der Waals surface area (Å²) in [6.45, 7) is 2.52. The number of pyridine rings is 2. The van der Waals surface area contributed by atoms with Crippen molar-refractivity contribution in [2.75, 3.05) is 6.61 Å². The van der Waals surface area contributed by atoms with Crippen LogP contribution in [0.4, 0.5) is 4.39 Å². The van der Waals surface area contributed by atoms with Crippen LogP contribution >= 0.6 is 0 Å². The maximum atomic E-state index is 14.7. The summed E-state index contributed by atoms with van der Waals surface area (Å²) in [6, 6.07) is 11.8. The van der Waals surface area contributed by atoms with Gasteiger partial charge in [-0.2, -0.15) is 0 Å². The highest BCUT2D eigenvalue weighted by atomic mass is 19.1. The molecule has 2 aromatic heterocycles. The molecular weight excluding hydrogens is 381 g/mol. The van der Waals surface area contributed by atoms with Gasteiger partial charge in [0, 0.05) is 31.1 Å².